The normalized spacial score (nSPS) is 15.5. The monoisotopic (exact) mass is 306 g/mol. The minimum Gasteiger partial charge on any atom is -0.356 e. The molecule has 0 fully saturated rings. The van der Waals surface area contributed by atoms with E-state index in [1.165, 1.54) is 25.7 Å². The lowest BCUT2D eigenvalue weighted by Crippen LogP contribution is -2.37. The highest BCUT2D eigenvalue weighted by molar-refractivity contribution is 6.29. The predicted octanol–water partition coefficient (Wildman–Crippen LogP) is 3.29. The summed E-state index contributed by atoms with van der Waals surface area (Å²) < 4.78 is 0. The Morgan fingerprint density at radius 3 is 2.90 bits per heavy atom. The highest BCUT2D eigenvalue weighted by Gasteiger charge is 2.04. The first-order valence-corrected chi connectivity index (χ1v) is 7.88. The van der Waals surface area contributed by atoms with Crippen LogP contribution in [0.3, 0.4) is 0 Å². The Hall–Kier alpha value is -1.55. The van der Waals surface area contributed by atoms with Crippen molar-refractivity contribution in [1.82, 2.24) is 15.6 Å². The van der Waals surface area contributed by atoms with Crippen molar-refractivity contribution >= 4 is 17.6 Å². The zero-order valence-corrected chi connectivity index (χ0v) is 13.3. The first-order chi connectivity index (χ1) is 10.3. The fourth-order valence-corrected chi connectivity index (χ4v) is 2.50. The number of hydrogen-bond donors (Lipinski definition) is 2. The van der Waals surface area contributed by atoms with Crippen molar-refractivity contribution in [2.45, 2.75) is 38.6 Å². The molecule has 0 aromatic carbocycles. The fraction of sp³-hybridized carbons (Fsp3) is 0.500. The highest BCUT2D eigenvalue weighted by Crippen LogP contribution is 2.19. The van der Waals surface area contributed by atoms with Gasteiger partial charge in [0.25, 0.3) is 0 Å². The minimum atomic E-state index is 0.516. The molecule has 0 atom stereocenters. The second-order valence-electron chi connectivity index (χ2n) is 5.20. The Morgan fingerprint density at radius 1 is 1.33 bits per heavy atom. The molecule has 1 aromatic rings. The molecular weight excluding hydrogens is 284 g/mol. The summed E-state index contributed by atoms with van der Waals surface area (Å²) >= 11 is 5.77. The Morgan fingerprint density at radius 2 is 2.24 bits per heavy atom. The first-order valence-electron chi connectivity index (χ1n) is 7.51. The number of rotatable bonds is 5. The van der Waals surface area contributed by atoms with Gasteiger partial charge >= 0.3 is 0 Å². The molecule has 1 heterocycles. The molecule has 0 saturated carbocycles. The van der Waals surface area contributed by atoms with Gasteiger partial charge < -0.3 is 10.6 Å². The van der Waals surface area contributed by atoms with E-state index in [0.29, 0.717) is 11.7 Å². The summed E-state index contributed by atoms with van der Waals surface area (Å²) in [5.74, 6) is 0.821. The van der Waals surface area contributed by atoms with Crippen molar-refractivity contribution in [3.05, 3.63) is 40.7 Å². The summed E-state index contributed by atoms with van der Waals surface area (Å²) in [7, 11) is 1.79. The molecular formula is C16H23ClN4. The summed E-state index contributed by atoms with van der Waals surface area (Å²) in [4.78, 5) is 8.30. The van der Waals surface area contributed by atoms with Crippen molar-refractivity contribution in [1.29, 1.82) is 0 Å². The van der Waals surface area contributed by atoms with Gasteiger partial charge in [0.1, 0.15) is 5.15 Å². The van der Waals surface area contributed by atoms with E-state index < -0.39 is 0 Å². The van der Waals surface area contributed by atoms with E-state index >= 15 is 0 Å². The van der Waals surface area contributed by atoms with E-state index in [9.17, 15) is 0 Å². The summed E-state index contributed by atoms with van der Waals surface area (Å²) in [6.07, 6.45) is 10.4. The summed E-state index contributed by atoms with van der Waals surface area (Å²) in [6, 6.07) is 3.76. The average molecular weight is 307 g/mol. The van der Waals surface area contributed by atoms with Crippen molar-refractivity contribution < 1.29 is 0 Å². The molecule has 114 valence electrons. The number of nitrogens with one attached hydrogen (secondary N) is 2. The largest absolute Gasteiger partial charge is 0.356 e. The zero-order chi connectivity index (χ0) is 14.9. The van der Waals surface area contributed by atoms with Crippen LogP contribution < -0.4 is 10.6 Å². The zero-order valence-electron chi connectivity index (χ0n) is 12.5. The van der Waals surface area contributed by atoms with Crippen molar-refractivity contribution in [2.75, 3.05) is 13.6 Å². The van der Waals surface area contributed by atoms with Gasteiger partial charge in [0, 0.05) is 26.3 Å². The molecule has 4 nitrogen and oxygen atoms in total. The van der Waals surface area contributed by atoms with Crippen LogP contribution in [0, 0.1) is 0 Å². The van der Waals surface area contributed by atoms with Gasteiger partial charge in [-0.25, -0.2) is 4.98 Å². The lowest BCUT2D eigenvalue weighted by molar-refractivity contribution is 0.665. The first kappa shape index (κ1) is 15.8. The lowest BCUT2D eigenvalue weighted by atomic mass is 9.97. The third kappa shape index (κ3) is 5.76. The Balaban J connectivity index is 1.70. The fourth-order valence-electron chi connectivity index (χ4n) is 2.39. The predicted molar refractivity (Wildman–Crippen MR) is 88.6 cm³/mol. The topological polar surface area (TPSA) is 49.3 Å². The lowest BCUT2D eigenvalue weighted by Gasteiger charge is -2.15. The minimum absolute atomic E-state index is 0.516. The molecule has 0 aliphatic heterocycles. The number of halogens is 1. The SMILES string of the molecule is CN=C(NCCC1=CCCCC1)NCc1ccc(Cl)nc1. The van der Waals surface area contributed by atoms with Gasteiger partial charge in [0.15, 0.2) is 5.96 Å². The molecule has 5 heteroatoms. The second kappa shape index (κ2) is 8.67. The van der Waals surface area contributed by atoms with Crippen LogP contribution in [-0.4, -0.2) is 24.5 Å². The van der Waals surface area contributed by atoms with E-state index in [0.717, 1.165) is 24.5 Å². The number of hydrogen-bond acceptors (Lipinski definition) is 2. The van der Waals surface area contributed by atoms with Crippen LogP contribution in [0.15, 0.2) is 35.0 Å². The van der Waals surface area contributed by atoms with Crippen LogP contribution in [0.25, 0.3) is 0 Å². The highest BCUT2D eigenvalue weighted by atomic mass is 35.5. The van der Waals surface area contributed by atoms with E-state index in [4.69, 9.17) is 11.6 Å². The van der Waals surface area contributed by atoms with Crippen LogP contribution >= 0.6 is 11.6 Å². The van der Waals surface area contributed by atoms with Crippen LogP contribution in [0.1, 0.15) is 37.7 Å². The Labute approximate surface area is 131 Å². The van der Waals surface area contributed by atoms with E-state index in [1.54, 1.807) is 24.9 Å². The molecule has 1 aromatic heterocycles. The van der Waals surface area contributed by atoms with Gasteiger partial charge in [-0.05, 0) is 43.7 Å². The molecule has 2 N–H and O–H groups in total. The average Bonchev–Trinajstić information content (AvgIpc) is 2.53. The Kier molecular flexibility index (Phi) is 6.54. The molecule has 0 spiro atoms. The number of aliphatic imine (C=N–C) groups is 1. The second-order valence-corrected chi connectivity index (χ2v) is 5.59. The van der Waals surface area contributed by atoms with Crippen LogP contribution in [0.4, 0.5) is 0 Å². The van der Waals surface area contributed by atoms with Gasteiger partial charge in [0.2, 0.25) is 0 Å². The van der Waals surface area contributed by atoms with Gasteiger partial charge in [-0.15, -0.1) is 0 Å². The van der Waals surface area contributed by atoms with E-state index in [-0.39, 0.29) is 0 Å². The van der Waals surface area contributed by atoms with Crippen molar-refractivity contribution in [2.24, 2.45) is 4.99 Å². The third-order valence-electron chi connectivity index (χ3n) is 3.60. The van der Waals surface area contributed by atoms with Crippen molar-refractivity contribution in [3.63, 3.8) is 0 Å². The molecule has 1 aliphatic rings. The molecule has 0 saturated heterocycles. The number of pyridine rings is 1. The van der Waals surface area contributed by atoms with Gasteiger partial charge in [-0.1, -0.05) is 29.3 Å². The van der Waals surface area contributed by atoms with E-state index in [2.05, 4.69) is 26.7 Å². The summed E-state index contributed by atoms with van der Waals surface area (Å²) in [6.45, 7) is 1.61. The maximum atomic E-state index is 5.77. The van der Waals surface area contributed by atoms with Crippen LogP contribution in [-0.2, 0) is 6.54 Å². The summed E-state index contributed by atoms with van der Waals surface area (Å²) in [5, 5.41) is 7.14. The van der Waals surface area contributed by atoms with Crippen LogP contribution in [0.5, 0.6) is 0 Å². The van der Waals surface area contributed by atoms with Gasteiger partial charge in [0.05, 0.1) is 0 Å². The van der Waals surface area contributed by atoms with Gasteiger partial charge in [-0.3, -0.25) is 4.99 Å². The molecule has 21 heavy (non-hydrogen) atoms. The van der Waals surface area contributed by atoms with Crippen molar-refractivity contribution in [3.8, 4) is 0 Å². The molecule has 0 bridgehead atoms. The number of nitrogens with zero attached hydrogens (tertiary/aromatic N) is 2. The molecule has 2 rings (SSSR count). The quantitative estimate of drug-likeness (QED) is 0.380. The molecule has 1 aliphatic carbocycles. The van der Waals surface area contributed by atoms with Crippen LogP contribution in [0.2, 0.25) is 5.15 Å². The number of aromatic nitrogens is 1. The molecule has 0 unspecified atom stereocenters. The maximum absolute atomic E-state index is 5.77. The molecule has 0 amide bonds. The number of allylic oxidation sites excluding steroid dienone is 1. The summed E-state index contributed by atoms with van der Waals surface area (Å²) in [5.41, 5.74) is 2.66. The van der Waals surface area contributed by atoms with E-state index in [1.807, 2.05) is 6.07 Å². The van der Waals surface area contributed by atoms with Gasteiger partial charge in [-0.2, -0.15) is 0 Å². The standard InChI is InChI=1S/C16H23ClN4/c1-18-16(19-10-9-13-5-3-2-4-6-13)21-12-14-7-8-15(17)20-11-14/h5,7-8,11H,2-4,6,9-10,12H2,1H3,(H2,18,19,21). The Bertz CT molecular complexity index is 494. The molecule has 0 radical (unpaired) electrons. The third-order valence-corrected chi connectivity index (χ3v) is 3.82. The maximum Gasteiger partial charge on any atom is 0.191 e. The smallest absolute Gasteiger partial charge is 0.191 e. The number of guanidine groups is 1.